The van der Waals surface area contributed by atoms with Gasteiger partial charge in [0, 0.05) is 11.4 Å². The summed E-state index contributed by atoms with van der Waals surface area (Å²) >= 11 is 0.936. The maximum Gasteiger partial charge on any atom is 0.294 e. The van der Waals surface area contributed by atoms with Gasteiger partial charge in [-0.2, -0.15) is 0 Å². The summed E-state index contributed by atoms with van der Waals surface area (Å²) < 4.78 is 2.20. The number of aromatic nitrogens is 1. The lowest BCUT2D eigenvalue weighted by atomic mass is 10.1. The molecule has 4 nitrogen and oxygen atoms in total. The lowest BCUT2D eigenvalue weighted by Crippen LogP contribution is -2.28. The van der Waals surface area contributed by atoms with Crippen molar-refractivity contribution in [3.05, 3.63) is 57.2 Å². The van der Waals surface area contributed by atoms with Gasteiger partial charge in [0.15, 0.2) is 0 Å². The Balaban J connectivity index is 2.06. The molecule has 1 aliphatic heterocycles. The second kappa shape index (κ2) is 6.89. The van der Waals surface area contributed by atoms with Crippen molar-refractivity contribution in [1.29, 1.82) is 0 Å². The maximum atomic E-state index is 12.4. The number of rotatable bonds is 3. The standard InChI is InChI=1S/C21H20N2O2S/c1-6-10-22-20(24)18(26-21(22)25)12-17-11-15(4)23(16(17)5)19-13(2)8-7-9-14(19)3/h1,7-9,11-12H,10H2,2-5H3. The van der Waals surface area contributed by atoms with Crippen LogP contribution < -0.4 is 0 Å². The Bertz CT molecular complexity index is 972. The number of carbonyl (C=O) groups excluding carboxylic acids is 2. The molecule has 0 atom stereocenters. The number of nitrogens with zero attached hydrogens (tertiary/aromatic N) is 2. The number of aryl methyl sites for hydroxylation is 3. The molecule has 1 aromatic heterocycles. The lowest BCUT2D eigenvalue weighted by molar-refractivity contribution is -0.122. The Morgan fingerprint density at radius 3 is 2.42 bits per heavy atom. The van der Waals surface area contributed by atoms with Gasteiger partial charge in [-0.25, -0.2) is 0 Å². The van der Waals surface area contributed by atoms with Crippen LogP contribution in [0.2, 0.25) is 0 Å². The smallest absolute Gasteiger partial charge is 0.294 e. The molecule has 1 aromatic carbocycles. The minimum Gasteiger partial charge on any atom is -0.317 e. The molecule has 0 bridgehead atoms. The first-order chi connectivity index (χ1) is 12.3. The molecular formula is C21H20N2O2S. The van der Waals surface area contributed by atoms with E-state index in [0.717, 1.165) is 39.3 Å². The van der Waals surface area contributed by atoms with Crippen LogP contribution in [-0.4, -0.2) is 27.2 Å². The number of para-hydroxylation sites is 1. The second-order valence-corrected chi connectivity index (χ2v) is 7.37. The number of amides is 2. The van der Waals surface area contributed by atoms with Crippen molar-refractivity contribution in [1.82, 2.24) is 9.47 Å². The average molecular weight is 364 g/mol. The Morgan fingerprint density at radius 2 is 1.81 bits per heavy atom. The van der Waals surface area contributed by atoms with Gasteiger partial charge in [-0.3, -0.25) is 14.5 Å². The molecular weight excluding hydrogens is 344 g/mol. The molecule has 3 rings (SSSR count). The molecule has 0 aliphatic carbocycles. The van der Waals surface area contributed by atoms with Crippen LogP contribution in [0.3, 0.4) is 0 Å². The molecule has 1 fully saturated rings. The summed E-state index contributed by atoms with van der Waals surface area (Å²) in [6.45, 7) is 8.25. The summed E-state index contributed by atoms with van der Waals surface area (Å²) in [7, 11) is 0. The molecule has 0 spiro atoms. The zero-order chi connectivity index (χ0) is 19.0. The van der Waals surface area contributed by atoms with Crippen molar-refractivity contribution in [2.75, 3.05) is 6.54 Å². The Labute approximate surface area is 157 Å². The summed E-state index contributed by atoms with van der Waals surface area (Å²) in [6, 6.07) is 8.26. The fraction of sp³-hybridized carbons (Fsp3) is 0.238. The normalized spacial score (nSPS) is 15.8. The summed E-state index contributed by atoms with van der Waals surface area (Å²) in [5, 5.41) is -0.317. The maximum absolute atomic E-state index is 12.4. The van der Waals surface area contributed by atoms with Crippen molar-refractivity contribution >= 4 is 29.0 Å². The Kier molecular flexibility index (Phi) is 4.80. The SMILES string of the molecule is C#CCN1C(=O)SC(=Cc2cc(C)n(-c3c(C)cccc3C)c2C)C1=O. The van der Waals surface area contributed by atoms with Gasteiger partial charge in [-0.1, -0.05) is 24.1 Å². The van der Waals surface area contributed by atoms with Gasteiger partial charge >= 0.3 is 0 Å². The molecule has 1 aliphatic rings. The molecule has 2 aromatic rings. The van der Waals surface area contributed by atoms with E-state index in [-0.39, 0.29) is 17.7 Å². The number of carbonyl (C=O) groups is 2. The first-order valence-corrected chi connectivity index (χ1v) is 9.11. The molecule has 2 heterocycles. The van der Waals surface area contributed by atoms with Crippen LogP contribution in [0.15, 0.2) is 29.2 Å². The summed E-state index contributed by atoms with van der Waals surface area (Å²) in [4.78, 5) is 25.9. The van der Waals surface area contributed by atoms with Crippen molar-refractivity contribution < 1.29 is 9.59 Å². The van der Waals surface area contributed by atoms with Gasteiger partial charge < -0.3 is 4.57 Å². The van der Waals surface area contributed by atoms with Crippen molar-refractivity contribution in [2.45, 2.75) is 27.7 Å². The highest BCUT2D eigenvalue weighted by Crippen LogP contribution is 2.34. The zero-order valence-corrected chi connectivity index (χ0v) is 16.1. The second-order valence-electron chi connectivity index (χ2n) is 6.37. The molecule has 26 heavy (non-hydrogen) atoms. The third-order valence-corrected chi connectivity index (χ3v) is 5.45. The fourth-order valence-electron chi connectivity index (χ4n) is 3.31. The molecule has 0 radical (unpaired) electrons. The van der Waals surface area contributed by atoms with E-state index in [9.17, 15) is 9.59 Å². The van der Waals surface area contributed by atoms with E-state index in [0.29, 0.717) is 4.91 Å². The van der Waals surface area contributed by atoms with E-state index in [1.165, 1.54) is 11.1 Å². The highest BCUT2D eigenvalue weighted by Gasteiger charge is 2.34. The minimum absolute atomic E-state index is 0.00341. The monoisotopic (exact) mass is 364 g/mol. The lowest BCUT2D eigenvalue weighted by Gasteiger charge is -2.15. The van der Waals surface area contributed by atoms with E-state index in [1.54, 1.807) is 6.08 Å². The molecule has 5 heteroatoms. The Hall–Kier alpha value is -2.71. The summed E-state index contributed by atoms with van der Waals surface area (Å²) in [6.07, 6.45) is 7.03. The van der Waals surface area contributed by atoms with Crippen LogP contribution in [0.5, 0.6) is 0 Å². The van der Waals surface area contributed by atoms with Crippen LogP contribution in [-0.2, 0) is 4.79 Å². The number of hydrogen-bond acceptors (Lipinski definition) is 3. The number of benzene rings is 1. The van der Waals surface area contributed by atoms with Crippen LogP contribution in [0.25, 0.3) is 11.8 Å². The van der Waals surface area contributed by atoms with Crippen molar-refractivity contribution in [2.24, 2.45) is 0 Å². The molecule has 0 unspecified atom stereocenters. The number of thioether (sulfide) groups is 1. The summed E-state index contributed by atoms with van der Waals surface area (Å²) in [5.41, 5.74) is 6.57. The third-order valence-electron chi connectivity index (χ3n) is 4.54. The van der Waals surface area contributed by atoms with Gasteiger partial charge in [0.2, 0.25) is 0 Å². The third kappa shape index (κ3) is 2.97. The van der Waals surface area contributed by atoms with Crippen LogP contribution in [0, 0.1) is 40.0 Å². The van der Waals surface area contributed by atoms with Crippen LogP contribution in [0.4, 0.5) is 4.79 Å². The van der Waals surface area contributed by atoms with Crippen LogP contribution in [0.1, 0.15) is 28.1 Å². The van der Waals surface area contributed by atoms with Gasteiger partial charge in [-0.15, -0.1) is 6.42 Å². The van der Waals surface area contributed by atoms with E-state index in [2.05, 4.69) is 36.5 Å². The quantitative estimate of drug-likeness (QED) is 0.599. The van der Waals surface area contributed by atoms with Crippen LogP contribution >= 0.6 is 11.8 Å². The number of hydrogen-bond donors (Lipinski definition) is 0. The van der Waals surface area contributed by atoms with Gasteiger partial charge in [0.1, 0.15) is 0 Å². The molecule has 2 amide bonds. The van der Waals surface area contributed by atoms with Crippen molar-refractivity contribution in [3.8, 4) is 18.0 Å². The average Bonchev–Trinajstić information content (AvgIpc) is 3.00. The summed E-state index contributed by atoms with van der Waals surface area (Å²) in [5.74, 6) is 2.03. The van der Waals surface area contributed by atoms with E-state index in [1.807, 2.05) is 26.0 Å². The first kappa shape index (κ1) is 18.1. The molecule has 0 N–H and O–H groups in total. The minimum atomic E-state index is -0.324. The Morgan fingerprint density at radius 1 is 1.15 bits per heavy atom. The first-order valence-electron chi connectivity index (χ1n) is 8.29. The van der Waals surface area contributed by atoms with E-state index in [4.69, 9.17) is 6.42 Å². The molecule has 0 saturated carbocycles. The fourth-order valence-corrected chi connectivity index (χ4v) is 4.13. The van der Waals surface area contributed by atoms with Gasteiger partial charge in [0.25, 0.3) is 11.1 Å². The van der Waals surface area contributed by atoms with Crippen molar-refractivity contribution in [3.63, 3.8) is 0 Å². The predicted molar refractivity (Wildman–Crippen MR) is 106 cm³/mol. The van der Waals surface area contributed by atoms with Gasteiger partial charge in [-0.05, 0) is 68.3 Å². The number of terminal acetylenes is 1. The highest BCUT2D eigenvalue weighted by atomic mass is 32.2. The zero-order valence-electron chi connectivity index (χ0n) is 15.3. The topological polar surface area (TPSA) is 42.3 Å². The van der Waals surface area contributed by atoms with Gasteiger partial charge in [0.05, 0.1) is 17.1 Å². The van der Waals surface area contributed by atoms with E-state index >= 15 is 0 Å². The highest BCUT2D eigenvalue weighted by molar-refractivity contribution is 8.18. The molecule has 1 saturated heterocycles. The largest absolute Gasteiger partial charge is 0.317 e. The number of imide groups is 1. The molecule has 132 valence electrons. The van der Waals surface area contributed by atoms with E-state index < -0.39 is 0 Å². The predicted octanol–water partition coefficient (Wildman–Crippen LogP) is 4.38.